The van der Waals surface area contributed by atoms with Crippen molar-refractivity contribution in [2.24, 2.45) is 7.05 Å². The SMILES string of the molecule is CCOc1cc(Cl)c2[n+](C)c3ccccc3c-2cc1OCC.[Cl-]. The first-order valence-electron chi connectivity index (χ1n) is 7.47. The predicted molar refractivity (Wildman–Crippen MR) is 89.1 cm³/mol. The van der Waals surface area contributed by atoms with Gasteiger partial charge in [0.25, 0.3) is 0 Å². The van der Waals surface area contributed by atoms with Crippen molar-refractivity contribution < 1.29 is 26.4 Å². The summed E-state index contributed by atoms with van der Waals surface area (Å²) in [5.74, 6) is 1.40. The maximum atomic E-state index is 6.57. The smallest absolute Gasteiger partial charge is 0.232 e. The van der Waals surface area contributed by atoms with Gasteiger partial charge in [-0.3, -0.25) is 0 Å². The molecule has 0 bridgehead atoms. The molecule has 5 heteroatoms. The van der Waals surface area contributed by atoms with E-state index in [0.717, 1.165) is 27.9 Å². The largest absolute Gasteiger partial charge is 1.00 e. The topological polar surface area (TPSA) is 22.3 Å². The van der Waals surface area contributed by atoms with Gasteiger partial charge in [-0.2, -0.15) is 4.57 Å². The Morgan fingerprint density at radius 2 is 1.61 bits per heavy atom. The fraction of sp³-hybridized carbons (Fsp3) is 0.278. The van der Waals surface area contributed by atoms with Crippen LogP contribution in [0.25, 0.3) is 22.2 Å². The highest BCUT2D eigenvalue weighted by Gasteiger charge is 2.27. The van der Waals surface area contributed by atoms with Crippen molar-refractivity contribution in [3.8, 4) is 22.8 Å². The second kappa shape index (κ2) is 7.24. The first kappa shape index (κ1) is 17.6. The molecule has 0 radical (unpaired) electrons. The number of para-hydroxylation sites is 1. The highest BCUT2D eigenvalue weighted by Crippen LogP contribution is 2.40. The maximum Gasteiger partial charge on any atom is 0.232 e. The number of nitrogens with zero attached hydrogens (tertiary/aromatic N) is 1. The Morgan fingerprint density at radius 1 is 1.00 bits per heavy atom. The molecule has 1 heterocycles. The van der Waals surface area contributed by atoms with E-state index in [4.69, 9.17) is 21.1 Å². The van der Waals surface area contributed by atoms with E-state index in [2.05, 4.69) is 16.7 Å². The highest BCUT2D eigenvalue weighted by atomic mass is 35.5. The maximum absolute atomic E-state index is 6.57. The standard InChI is InChI=1S/C18H19ClNO2.ClH/c1-4-21-16-10-13-12-8-6-7-9-15(12)20(3)18(13)14(19)11-17(16)22-5-2;/h6-11H,4-5H2,1-3H3;1H/q+1;/p-1. The number of hydrogen-bond donors (Lipinski definition) is 0. The van der Waals surface area contributed by atoms with Crippen molar-refractivity contribution in [2.45, 2.75) is 13.8 Å². The van der Waals surface area contributed by atoms with Crippen LogP contribution < -0.4 is 26.4 Å². The normalized spacial score (nSPS) is 10.6. The van der Waals surface area contributed by atoms with Gasteiger partial charge < -0.3 is 21.9 Å². The average molecular weight is 352 g/mol. The lowest BCUT2D eigenvalue weighted by Gasteiger charge is -2.07. The summed E-state index contributed by atoms with van der Waals surface area (Å²) in [7, 11) is 2.03. The highest BCUT2D eigenvalue weighted by molar-refractivity contribution is 6.33. The fourth-order valence-electron chi connectivity index (χ4n) is 2.85. The Hall–Kier alpha value is -1.71. The van der Waals surface area contributed by atoms with E-state index in [-0.39, 0.29) is 12.4 Å². The van der Waals surface area contributed by atoms with Crippen molar-refractivity contribution in [2.75, 3.05) is 13.2 Å². The summed E-state index contributed by atoms with van der Waals surface area (Å²) in [4.78, 5) is 0. The summed E-state index contributed by atoms with van der Waals surface area (Å²) in [5.41, 5.74) is 3.19. The molecule has 0 saturated carbocycles. The van der Waals surface area contributed by atoms with Gasteiger partial charge >= 0.3 is 0 Å². The van der Waals surface area contributed by atoms with Crippen LogP contribution >= 0.6 is 11.6 Å². The van der Waals surface area contributed by atoms with Crippen molar-refractivity contribution in [1.82, 2.24) is 0 Å². The van der Waals surface area contributed by atoms with Gasteiger partial charge in [0.05, 0.1) is 24.2 Å². The summed E-state index contributed by atoms with van der Waals surface area (Å²) >= 11 is 6.57. The van der Waals surface area contributed by atoms with E-state index in [9.17, 15) is 0 Å². The van der Waals surface area contributed by atoms with Gasteiger partial charge in [0.2, 0.25) is 11.2 Å². The lowest BCUT2D eigenvalue weighted by molar-refractivity contribution is -0.631. The van der Waals surface area contributed by atoms with Crippen LogP contribution in [0.1, 0.15) is 13.8 Å². The minimum Gasteiger partial charge on any atom is -1.00 e. The summed E-state index contributed by atoms with van der Waals surface area (Å²) < 4.78 is 13.6. The molecule has 2 aliphatic rings. The number of rotatable bonds is 4. The molecule has 0 unspecified atom stereocenters. The summed E-state index contributed by atoms with van der Waals surface area (Å²) in [6, 6.07) is 12.1. The fourth-order valence-corrected chi connectivity index (χ4v) is 3.18. The predicted octanol–water partition coefficient (Wildman–Crippen LogP) is 1.22. The number of benzene rings is 1. The van der Waals surface area contributed by atoms with Crippen LogP contribution in [-0.4, -0.2) is 13.2 Å². The van der Waals surface area contributed by atoms with Crippen LogP contribution in [0, 0.1) is 0 Å². The van der Waals surface area contributed by atoms with Crippen LogP contribution in [0.2, 0.25) is 5.02 Å². The van der Waals surface area contributed by atoms with Gasteiger partial charge in [-0.1, -0.05) is 23.7 Å². The van der Waals surface area contributed by atoms with E-state index in [1.165, 1.54) is 0 Å². The van der Waals surface area contributed by atoms with Crippen LogP contribution in [0.15, 0.2) is 36.4 Å². The number of halogens is 2. The second-order valence-corrected chi connectivity index (χ2v) is 5.48. The number of fused-ring (bicyclic) bond motifs is 3. The first-order valence-corrected chi connectivity index (χ1v) is 7.84. The van der Waals surface area contributed by atoms with Crippen molar-refractivity contribution in [3.05, 3.63) is 41.4 Å². The van der Waals surface area contributed by atoms with Gasteiger partial charge in [-0.25, -0.2) is 0 Å². The third-order valence-corrected chi connectivity index (χ3v) is 4.04. The van der Waals surface area contributed by atoms with Gasteiger partial charge in [0, 0.05) is 12.1 Å². The zero-order valence-corrected chi connectivity index (χ0v) is 14.9. The third-order valence-electron chi connectivity index (χ3n) is 3.75. The lowest BCUT2D eigenvalue weighted by atomic mass is 10.1. The molecule has 0 atom stereocenters. The minimum atomic E-state index is 0. The molecule has 3 rings (SSSR count). The molecule has 0 fully saturated rings. The van der Waals surface area contributed by atoms with Crippen LogP contribution in [0.4, 0.5) is 0 Å². The van der Waals surface area contributed by atoms with Crippen molar-refractivity contribution in [1.29, 1.82) is 0 Å². The number of hydrogen-bond acceptors (Lipinski definition) is 2. The molecular weight excluding hydrogens is 333 g/mol. The van der Waals surface area contributed by atoms with E-state index in [0.29, 0.717) is 24.0 Å². The van der Waals surface area contributed by atoms with Gasteiger partial charge in [-0.05, 0) is 26.0 Å². The van der Waals surface area contributed by atoms with Crippen molar-refractivity contribution in [3.63, 3.8) is 0 Å². The van der Waals surface area contributed by atoms with E-state index >= 15 is 0 Å². The van der Waals surface area contributed by atoms with Gasteiger partial charge in [0.15, 0.2) is 11.5 Å². The Bertz CT molecular complexity index is 805. The molecule has 1 aromatic rings. The quantitative estimate of drug-likeness (QED) is 0.659. The molecule has 0 aromatic heterocycles. The molecule has 3 nitrogen and oxygen atoms in total. The molecule has 0 amide bonds. The summed E-state index contributed by atoms with van der Waals surface area (Å²) in [6.07, 6.45) is 0. The first-order chi connectivity index (χ1) is 10.7. The lowest BCUT2D eigenvalue weighted by Crippen LogP contribution is -3.00. The molecule has 1 aliphatic heterocycles. The molecule has 1 aliphatic carbocycles. The van der Waals surface area contributed by atoms with Crippen LogP contribution in [0.3, 0.4) is 0 Å². The molecule has 0 spiro atoms. The monoisotopic (exact) mass is 351 g/mol. The third kappa shape index (κ3) is 3.04. The van der Waals surface area contributed by atoms with E-state index < -0.39 is 0 Å². The van der Waals surface area contributed by atoms with Crippen molar-refractivity contribution >= 4 is 22.5 Å². The molecule has 1 aromatic carbocycles. The van der Waals surface area contributed by atoms with Gasteiger partial charge in [0.1, 0.15) is 12.1 Å². The molecule has 0 saturated heterocycles. The minimum absolute atomic E-state index is 0. The van der Waals surface area contributed by atoms with E-state index in [1.54, 1.807) is 0 Å². The Kier molecular flexibility index (Phi) is 5.55. The van der Waals surface area contributed by atoms with Gasteiger partial charge in [-0.15, -0.1) is 0 Å². The number of aromatic nitrogens is 1. The molecule has 0 N–H and O–H groups in total. The summed E-state index contributed by atoms with van der Waals surface area (Å²) in [6.45, 7) is 5.06. The molecular formula is C18H19Cl2NO2. The number of ether oxygens (including phenoxy) is 2. The van der Waals surface area contributed by atoms with E-state index in [1.807, 2.05) is 45.2 Å². The second-order valence-electron chi connectivity index (χ2n) is 5.07. The Balaban J connectivity index is 0.00000192. The Labute approximate surface area is 147 Å². The zero-order valence-electron chi connectivity index (χ0n) is 13.4. The molecule has 122 valence electrons. The van der Waals surface area contributed by atoms with Crippen LogP contribution in [-0.2, 0) is 7.05 Å². The van der Waals surface area contributed by atoms with Crippen LogP contribution in [0.5, 0.6) is 11.5 Å². The average Bonchev–Trinajstić information content (AvgIpc) is 2.71. The zero-order chi connectivity index (χ0) is 15.7. The number of aryl methyl sites for hydroxylation is 1. The molecule has 23 heavy (non-hydrogen) atoms. The Morgan fingerprint density at radius 3 is 2.26 bits per heavy atom. The summed E-state index contributed by atoms with van der Waals surface area (Å²) in [5, 5.41) is 1.81.